The average Bonchev–Trinajstić information content (AvgIpc) is 2.58. The highest BCUT2D eigenvalue weighted by molar-refractivity contribution is 5.98. The highest BCUT2D eigenvalue weighted by Gasteiger charge is 2.38. The van der Waals surface area contributed by atoms with Gasteiger partial charge in [0.2, 0.25) is 0 Å². The van der Waals surface area contributed by atoms with Crippen molar-refractivity contribution in [2.24, 2.45) is 5.41 Å². The molecule has 2 aromatic rings. The topological polar surface area (TPSA) is 44.5 Å². The maximum Gasteiger partial charge on any atom is 0.146 e. The Balaban J connectivity index is 2.12. The van der Waals surface area contributed by atoms with E-state index in [0.717, 1.165) is 29.8 Å². The van der Waals surface area contributed by atoms with Gasteiger partial charge in [-0.2, -0.15) is 0 Å². The first-order valence-electron chi connectivity index (χ1n) is 9.70. The molecule has 0 heterocycles. The predicted octanol–water partition coefficient (Wildman–Crippen LogP) is 4.43. The summed E-state index contributed by atoms with van der Waals surface area (Å²) in [5, 5.41) is 0. The summed E-state index contributed by atoms with van der Waals surface area (Å²) >= 11 is 0. The third-order valence-corrected chi connectivity index (χ3v) is 6.58. The fourth-order valence-corrected chi connectivity index (χ4v) is 4.03. The molecule has 3 nitrogen and oxygen atoms in total. The monoisotopic (exact) mass is 385 g/mol. The molecule has 4 heteroatoms. The van der Waals surface area contributed by atoms with Crippen molar-refractivity contribution >= 4 is 16.2 Å². The highest BCUT2D eigenvalue weighted by atomic mass is 28.2. The Hall–Kier alpha value is -1.78. The van der Waals surface area contributed by atoms with Crippen molar-refractivity contribution in [1.29, 1.82) is 0 Å². The zero-order valence-electron chi connectivity index (χ0n) is 17.9. The van der Waals surface area contributed by atoms with Crippen molar-refractivity contribution in [3.05, 3.63) is 59.2 Å². The molecule has 0 spiro atoms. The standard InChI is InChI=1S/C23H35NO2Si/c1-16-7-9-18(10-8-16)13-19-14-20(11-12-21(19)24)25-17(2)15-23(6,26-27)22(3,4)5/h7-12,14,17H,13,15,24H2,1-6,27H3. The number of aryl methyl sites for hydroxylation is 1. The summed E-state index contributed by atoms with van der Waals surface area (Å²) in [6.45, 7) is 13.1. The Bertz CT molecular complexity index is 752. The van der Waals surface area contributed by atoms with Crippen LogP contribution in [0.2, 0.25) is 0 Å². The van der Waals surface area contributed by atoms with Crippen LogP contribution in [0.3, 0.4) is 0 Å². The number of rotatable bonds is 7. The molecule has 0 saturated heterocycles. The smallest absolute Gasteiger partial charge is 0.146 e. The van der Waals surface area contributed by atoms with E-state index in [9.17, 15) is 0 Å². The SMILES string of the molecule is Cc1ccc(Cc2cc(OC(C)CC(C)(O[SiH3])C(C)(C)C)ccc2N)cc1. The van der Waals surface area contributed by atoms with Gasteiger partial charge in [0.1, 0.15) is 16.2 Å². The minimum atomic E-state index is -0.197. The van der Waals surface area contributed by atoms with Gasteiger partial charge in [0.05, 0.1) is 11.7 Å². The van der Waals surface area contributed by atoms with Crippen LogP contribution in [0.25, 0.3) is 0 Å². The van der Waals surface area contributed by atoms with Gasteiger partial charge in [0, 0.05) is 12.1 Å². The van der Waals surface area contributed by atoms with Gasteiger partial charge < -0.3 is 14.9 Å². The van der Waals surface area contributed by atoms with Crippen molar-refractivity contribution in [3.63, 3.8) is 0 Å². The molecular formula is C23H35NO2Si. The second kappa shape index (κ2) is 8.49. The van der Waals surface area contributed by atoms with Crippen LogP contribution in [0, 0.1) is 12.3 Å². The Morgan fingerprint density at radius 1 is 1.04 bits per heavy atom. The third kappa shape index (κ3) is 5.60. The Morgan fingerprint density at radius 2 is 1.67 bits per heavy atom. The molecular weight excluding hydrogens is 350 g/mol. The predicted molar refractivity (Wildman–Crippen MR) is 118 cm³/mol. The van der Waals surface area contributed by atoms with Crippen LogP contribution in [0.1, 0.15) is 57.7 Å². The summed E-state index contributed by atoms with van der Waals surface area (Å²) in [6.07, 6.45) is 1.71. The second-order valence-corrected chi connectivity index (χ2v) is 9.25. The maximum absolute atomic E-state index is 6.24. The molecule has 0 radical (unpaired) electrons. The molecule has 2 aromatic carbocycles. The molecule has 148 valence electrons. The van der Waals surface area contributed by atoms with Gasteiger partial charge in [-0.05, 0) is 61.9 Å². The molecule has 27 heavy (non-hydrogen) atoms. The number of hydrogen-bond acceptors (Lipinski definition) is 3. The third-order valence-electron chi connectivity index (χ3n) is 5.68. The van der Waals surface area contributed by atoms with Gasteiger partial charge in [0.15, 0.2) is 0 Å². The van der Waals surface area contributed by atoms with Crippen LogP contribution in [0.15, 0.2) is 42.5 Å². The highest BCUT2D eigenvalue weighted by Crippen LogP contribution is 2.37. The molecule has 0 aromatic heterocycles. The molecule has 2 unspecified atom stereocenters. The Kier molecular flexibility index (Phi) is 6.76. The van der Waals surface area contributed by atoms with Crippen molar-refractivity contribution < 1.29 is 9.16 Å². The van der Waals surface area contributed by atoms with Gasteiger partial charge in [-0.25, -0.2) is 0 Å². The molecule has 0 amide bonds. The molecule has 2 N–H and O–H groups in total. The minimum Gasteiger partial charge on any atom is -0.491 e. The van der Waals surface area contributed by atoms with E-state index in [2.05, 4.69) is 71.9 Å². The average molecular weight is 386 g/mol. The number of hydrogen-bond donors (Lipinski definition) is 1. The first kappa shape index (κ1) is 21.5. The zero-order chi connectivity index (χ0) is 20.2. The first-order valence-corrected chi connectivity index (χ1v) is 10.5. The molecule has 0 bridgehead atoms. The van der Waals surface area contributed by atoms with Crippen LogP contribution in [-0.2, 0) is 10.8 Å². The van der Waals surface area contributed by atoms with Gasteiger partial charge in [0.25, 0.3) is 0 Å². The van der Waals surface area contributed by atoms with Gasteiger partial charge in [-0.3, -0.25) is 0 Å². The summed E-state index contributed by atoms with van der Waals surface area (Å²) in [5.41, 5.74) is 10.5. The van der Waals surface area contributed by atoms with Gasteiger partial charge >= 0.3 is 0 Å². The number of ether oxygens (including phenoxy) is 1. The molecule has 0 fully saturated rings. The normalized spacial score (nSPS) is 15.3. The summed E-state index contributed by atoms with van der Waals surface area (Å²) in [4.78, 5) is 0. The first-order chi connectivity index (χ1) is 12.5. The molecule has 2 atom stereocenters. The lowest BCUT2D eigenvalue weighted by molar-refractivity contribution is -0.0407. The van der Waals surface area contributed by atoms with Crippen LogP contribution < -0.4 is 10.5 Å². The van der Waals surface area contributed by atoms with Gasteiger partial charge in [-0.1, -0.05) is 50.6 Å². The van der Waals surface area contributed by atoms with E-state index in [1.54, 1.807) is 0 Å². The quantitative estimate of drug-likeness (QED) is 0.566. The molecule has 0 saturated carbocycles. The van der Waals surface area contributed by atoms with Crippen molar-refractivity contribution in [2.75, 3.05) is 5.73 Å². The number of benzene rings is 2. The lowest BCUT2D eigenvalue weighted by Crippen LogP contribution is -2.45. The Labute approximate surface area is 167 Å². The summed E-state index contributed by atoms with van der Waals surface area (Å²) in [7, 11) is 0.716. The van der Waals surface area contributed by atoms with Crippen LogP contribution in [0.4, 0.5) is 5.69 Å². The number of nitrogen functional groups attached to an aromatic ring is 1. The summed E-state index contributed by atoms with van der Waals surface area (Å²) in [6, 6.07) is 14.6. The fraction of sp³-hybridized carbons (Fsp3) is 0.478. The largest absolute Gasteiger partial charge is 0.491 e. The number of anilines is 1. The molecule has 2 rings (SSSR count). The van der Waals surface area contributed by atoms with Crippen molar-refractivity contribution in [2.45, 2.75) is 66.1 Å². The molecule has 0 aliphatic heterocycles. The van der Waals surface area contributed by atoms with E-state index in [-0.39, 0.29) is 17.1 Å². The molecule has 0 aliphatic carbocycles. The lowest BCUT2D eigenvalue weighted by Gasteiger charge is -2.43. The zero-order valence-corrected chi connectivity index (χ0v) is 19.9. The molecule has 0 aliphatic rings. The van der Waals surface area contributed by atoms with E-state index in [0.29, 0.717) is 10.5 Å². The summed E-state index contributed by atoms with van der Waals surface area (Å²) < 4.78 is 12.2. The Morgan fingerprint density at radius 3 is 2.22 bits per heavy atom. The van der Waals surface area contributed by atoms with Crippen LogP contribution in [-0.4, -0.2) is 22.2 Å². The van der Waals surface area contributed by atoms with Crippen molar-refractivity contribution in [1.82, 2.24) is 0 Å². The summed E-state index contributed by atoms with van der Waals surface area (Å²) in [5.74, 6) is 0.864. The van der Waals surface area contributed by atoms with E-state index in [1.807, 2.05) is 12.1 Å². The van der Waals surface area contributed by atoms with E-state index >= 15 is 0 Å². The van der Waals surface area contributed by atoms with Crippen LogP contribution in [0.5, 0.6) is 5.75 Å². The van der Waals surface area contributed by atoms with E-state index < -0.39 is 0 Å². The fourth-order valence-electron chi connectivity index (χ4n) is 3.25. The number of nitrogens with two attached hydrogens (primary N) is 1. The van der Waals surface area contributed by atoms with Gasteiger partial charge in [-0.15, -0.1) is 0 Å². The van der Waals surface area contributed by atoms with Crippen LogP contribution >= 0.6 is 0 Å². The van der Waals surface area contributed by atoms with Crippen molar-refractivity contribution in [3.8, 4) is 5.75 Å². The second-order valence-electron chi connectivity index (χ2n) is 8.84. The maximum atomic E-state index is 6.24. The lowest BCUT2D eigenvalue weighted by atomic mass is 9.75. The van der Waals surface area contributed by atoms with E-state index in [1.165, 1.54) is 11.1 Å². The van der Waals surface area contributed by atoms with E-state index in [4.69, 9.17) is 14.9 Å². The minimum absolute atomic E-state index is 0.0547.